The third-order valence-corrected chi connectivity index (χ3v) is 2.74. The molecular weight excluding hydrogens is 438 g/mol. The summed E-state index contributed by atoms with van der Waals surface area (Å²) < 4.78 is 40.9. The van der Waals surface area contributed by atoms with Crippen molar-refractivity contribution in [1.29, 1.82) is 0 Å². The van der Waals surface area contributed by atoms with Crippen LogP contribution in [-0.4, -0.2) is 17.4 Å². The molecule has 2 aromatic carbocycles. The highest BCUT2D eigenvalue weighted by molar-refractivity contribution is 14.0. The summed E-state index contributed by atoms with van der Waals surface area (Å²) in [6, 6.07) is 11.8. The SMILES string of the molecule is I.NC(=NCc1ccc(O)cc1)Nc1ccccc1OC(F)(F)F. The fourth-order valence-corrected chi connectivity index (χ4v) is 1.74. The van der Waals surface area contributed by atoms with E-state index in [2.05, 4.69) is 15.0 Å². The quantitative estimate of drug-likeness (QED) is 0.374. The van der Waals surface area contributed by atoms with Gasteiger partial charge in [-0.1, -0.05) is 24.3 Å². The Morgan fingerprint density at radius 3 is 2.38 bits per heavy atom. The van der Waals surface area contributed by atoms with Gasteiger partial charge in [-0.15, -0.1) is 37.1 Å². The third-order valence-electron chi connectivity index (χ3n) is 2.74. The fourth-order valence-electron chi connectivity index (χ4n) is 1.74. The van der Waals surface area contributed by atoms with Gasteiger partial charge < -0.3 is 20.9 Å². The van der Waals surface area contributed by atoms with E-state index in [4.69, 9.17) is 5.73 Å². The van der Waals surface area contributed by atoms with Crippen LogP contribution in [0.4, 0.5) is 18.9 Å². The maximum absolute atomic E-state index is 12.3. The molecule has 0 atom stereocenters. The number of guanidine groups is 1. The topological polar surface area (TPSA) is 79.9 Å². The number of nitrogens with two attached hydrogens (primary N) is 1. The van der Waals surface area contributed by atoms with Crippen LogP contribution in [0.3, 0.4) is 0 Å². The van der Waals surface area contributed by atoms with E-state index in [1.807, 2.05) is 0 Å². The number of rotatable bonds is 4. The van der Waals surface area contributed by atoms with Crippen molar-refractivity contribution in [2.75, 3.05) is 5.32 Å². The number of aromatic hydroxyl groups is 1. The molecule has 0 bridgehead atoms. The van der Waals surface area contributed by atoms with Gasteiger partial charge in [0.15, 0.2) is 11.7 Å². The van der Waals surface area contributed by atoms with Gasteiger partial charge in [0.05, 0.1) is 12.2 Å². The van der Waals surface area contributed by atoms with E-state index in [0.717, 1.165) is 5.56 Å². The molecule has 24 heavy (non-hydrogen) atoms. The third kappa shape index (κ3) is 6.52. The first-order valence-corrected chi connectivity index (χ1v) is 6.53. The van der Waals surface area contributed by atoms with Crippen LogP contribution in [0.1, 0.15) is 5.56 Å². The molecule has 0 aliphatic carbocycles. The Morgan fingerprint density at radius 2 is 1.75 bits per heavy atom. The predicted molar refractivity (Wildman–Crippen MR) is 95.6 cm³/mol. The molecular formula is C15H15F3IN3O2. The van der Waals surface area contributed by atoms with Gasteiger partial charge in [-0.25, -0.2) is 4.99 Å². The van der Waals surface area contributed by atoms with Crippen molar-refractivity contribution >= 4 is 35.6 Å². The van der Waals surface area contributed by atoms with Crippen LogP contribution in [0, 0.1) is 0 Å². The maximum Gasteiger partial charge on any atom is 0.573 e. The predicted octanol–water partition coefficient (Wildman–Crippen LogP) is 3.84. The summed E-state index contributed by atoms with van der Waals surface area (Å²) >= 11 is 0. The summed E-state index contributed by atoms with van der Waals surface area (Å²) in [7, 11) is 0. The second-order valence-electron chi connectivity index (χ2n) is 4.54. The lowest BCUT2D eigenvalue weighted by molar-refractivity contribution is -0.274. The first kappa shape index (κ1) is 19.9. The van der Waals surface area contributed by atoms with Gasteiger partial charge in [0.25, 0.3) is 0 Å². The number of nitrogens with one attached hydrogen (secondary N) is 1. The number of ether oxygens (including phenoxy) is 1. The standard InChI is InChI=1S/C15H14F3N3O2.HI/c16-15(17,18)23-13-4-2-1-3-12(13)21-14(19)20-9-10-5-7-11(22)8-6-10;/h1-8,22H,9H2,(H3,19,20,21);1H. The van der Waals surface area contributed by atoms with Crippen molar-refractivity contribution < 1.29 is 23.0 Å². The van der Waals surface area contributed by atoms with Gasteiger partial charge in [0.1, 0.15) is 5.75 Å². The minimum Gasteiger partial charge on any atom is -0.508 e. The van der Waals surface area contributed by atoms with E-state index in [1.165, 1.54) is 30.3 Å². The molecule has 0 saturated heterocycles. The number of alkyl halides is 3. The molecule has 4 N–H and O–H groups in total. The number of nitrogens with zero attached hydrogens (tertiary/aromatic N) is 1. The van der Waals surface area contributed by atoms with Crippen molar-refractivity contribution in [2.24, 2.45) is 10.7 Å². The fraction of sp³-hybridized carbons (Fsp3) is 0.133. The van der Waals surface area contributed by atoms with Crippen LogP contribution < -0.4 is 15.8 Å². The van der Waals surface area contributed by atoms with Crippen LogP contribution in [0.2, 0.25) is 0 Å². The summed E-state index contributed by atoms with van der Waals surface area (Å²) in [6.07, 6.45) is -4.80. The molecule has 0 spiro atoms. The zero-order valence-corrected chi connectivity index (χ0v) is 14.6. The summed E-state index contributed by atoms with van der Waals surface area (Å²) in [6.45, 7) is 0.210. The highest BCUT2D eigenvalue weighted by Crippen LogP contribution is 2.29. The molecule has 2 aromatic rings. The monoisotopic (exact) mass is 453 g/mol. The maximum atomic E-state index is 12.3. The average Bonchev–Trinajstić information content (AvgIpc) is 2.47. The molecule has 0 fully saturated rings. The van der Waals surface area contributed by atoms with Crippen LogP contribution in [0.25, 0.3) is 0 Å². The number of benzene rings is 2. The second-order valence-corrected chi connectivity index (χ2v) is 4.54. The van der Waals surface area contributed by atoms with Crippen LogP contribution in [0.15, 0.2) is 53.5 Å². The van der Waals surface area contributed by atoms with Crippen LogP contribution in [0.5, 0.6) is 11.5 Å². The number of halogens is 4. The minimum atomic E-state index is -4.80. The Bertz CT molecular complexity index is 691. The number of aliphatic imine (C=N–C) groups is 1. The van der Waals surface area contributed by atoms with Gasteiger partial charge >= 0.3 is 6.36 Å². The molecule has 5 nitrogen and oxygen atoms in total. The molecule has 0 unspecified atom stereocenters. The molecule has 0 aliphatic rings. The molecule has 0 aliphatic heterocycles. The summed E-state index contributed by atoms with van der Waals surface area (Å²) in [5, 5.41) is 11.7. The average molecular weight is 453 g/mol. The molecule has 0 amide bonds. The number of phenols is 1. The van der Waals surface area contributed by atoms with Crippen molar-refractivity contribution in [1.82, 2.24) is 0 Å². The second kappa shape index (κ2) is 8.62. The summed E-state index contributed by atoms with van der Waals surface area (Å²) in [5.74, 6) is -0.332. The Kier molecular flexibility index (Phi) is 7.14. The largest absolute Gasteiger partial charge is 0.573 e. The molecule has 0 radical (unpaired) electrons. The van der Waals surface area contributed by atoms with Gasteiger partial charge in [0.2, 0.25) is 0 Å². The number of hydrogen-bond donors (Lipinski definition) is 3. The smallest absolute Gasteiger partial charge is 0.508 e. The van der Waals surface area contributed by atoms with Gasteiger partial charge in [-0.3, -0.25) is 0 Å². The zero-order chi connectivity index (χ0) is 16.9. The van der Waals surface area contributed by atoms with Crippen molar-refractivity contribution in [3.63, 3.8) is 0 Å². The van der Waals surface area contributed by atoms with E-state index >= 15 is 0 Å². The minimum absolute atomic E-state index is 0. The Labute approximate surface area is 153 Å². The Balaban J connectivity index is 0.00000288. The van der Waals surface area contributed by atoms with Crippen molar-refractivity contribution in [2.45, 2.75) is 12.9 Å². The zero-order valence-electron chi connectivity index (χ0n) is 12.2. The van der Waals surface area contributed by atoms with Crippen molar-refractivity contribution in [3.8, 4) is 11.5 Å². The van der Waals surface area contributed by atoms with Crippen molar-refractivity contribution in [3.05, 3.63) is 54.1 Å². The lowest BCUT2D eigenvalue weighted by atomic mass is 10.2. The van der Waals surface area contributed by atoms with E-state index in [1.54, 1.807) is 18.2 Å². The Morgan fingerprint density at radius 1 is 1.12 bits per heavy atom. The van der Waals surface area contributed by atoms with Gasteiger partial charge in [-0.05, 0) is 29.8 Å². The lowest BCUT2D eigenvalue weighted by Crippen LogP contribution is -2.24. The normalized spacial score (nSPS) is 11.5. The molecule has 9 heteroatoms. The van der Waals surface area contributed by atoms with E-state index < -0.39 is 12.1 Å². The molecule has 0 aromatic heterocycles. The molecule has 0 heterocycles. The first-order chi connectivity index (χ1) is 10.8. The van der Waals surface area contributed by atoms with E-state index in [9.17, 15) is 18.3 Å². The van der Waals surface area contributed by atoms with E-state index in [-0.39, 0.29) is 47.9 Å². The summed E-state index contributed by atoms with van der Waals surface area (Å²) in [5.41, 5.74) is 6.51. The van der Waals surface area contributed by atoms with Crippen LogP contribution in [-0.2, 0) is 6.54 Å². The number of anilines is 1. The molecule has 130 valence electrons. The molecule has 0 saturated carbocycles. The highest BCUT2D eigenvalue weighted by atomic mass is 127. The van der Waals surface area contributed by atoms with Gasteiger partial charge in [0, 0.05) is 0 Å². The van der Waals surface area contributed by atoms with Crippen LogP contribution >= 0.6 is 24.0 Å². The molecule has 2 rings (SSSR count). The van der Waals surface area contributed by atoms with E-state index in [0.29, 0.717) is 0 Å². The lowest BCUT2D eigenvalue weighted by Gasteiger charge is -2.14. The number of phenolic OH excluding ortho intramolecular Hbond substituents is 1. The number of para-hydroxylation sites is 2. The van der Waals surface area contributed by atoms with Gasteiger partial charge in [-0.2, -0.15) is 0 Å². The highest BCUT2D eigenvalue weighted by Gasteiger charge is 2.32. The Hall–Kier alpha value is -2.17. The summed E-state index contributed by atoms with van der Waals surface area (Å²) in [4.78, 5) is 4.02. The first-order valence-electron chi connectivity index (χ1n) is 6.53. The number of hydrogen-bond acceptors (Lipinski definition) is 3.